The number of carbonyl (C=O) groups excluding carboxylic acids is 1. The lowest BCUT2D eigenvalue weighted by Gasteiger charge is -2.29. The molecule has 1 aromatic carbocycles. The van der Waals surface area contributed by atoms with Crippen LogP contribution in [-0.4, -0.2) is 29.7 Å². The monoisotopic (exact) mass is 339 g/mol. The molecule has 0 saturated carbocycles. The second-order valence-corrected chi connectivity index (χ2v) is 6.71. The smallest absolute Gasteiger partial charge is 0.288 e. The third-order valence-corrected chi connectivity index (χ3v) is 4.21. The summed E-state index contributed by atoms with van der Waals surface area (Å²) in [6.07, 6.45) is -3.68. The minimum Gasteiger partial charge on any atom is -0.288 e. The molecular weight excluding hydrogens is 319 g/mol. The van der Waals surface area contributed by atoms with Crippen LogP contribution >= 0.6 is 0 Å². The Balaban J connectivity index is 1.97. The number of hydrogen-bond donors (Lipinski definition) is 1. The van der Waals surface area contributed by atoms with Gasteiger partial charge in [0.2, 0.25) is 5.91 Å². The highest BCUT2D eigenvalue weighted by molar-refractivity contribution is 5.83. The molecule has 0 aromatic heterocycles. The fraction of sp³-hybridized carbons (Fsp3) is 0.529. The quantitative estimate of drug-likeness (QED) is 0.896. The summed E-state index contributed by atoms with van der Waals surface area (Å²) < 4.78 is 40.0. The highest BCUT2D eigenvalue weighted by Gasteiger charge is 2.49. The van der Waals surface area contributed by atoms with E-state index in [-0.39, 0.29) is 18.9 Å². The summed E-state index contributed by atoms with van der Waals surface area (Å²) >= 11 is 0. The molecule has 0 unspecified atom stereocenters. The fourth-order valence-corrected chi connectivity index (χ4v) is 2.75. The van der Waals surface area contributed by atoms with Crippen molar-refractivity contribution in [3.8, 4) is 6.07 Å². The number of aryl methyl sites for hydroxylation is 1. The number of alkyl halides is 3. The normalized spacial score (nSPS) is 18.9. The second-order valence-electron chi connectivity index (χ2n) is 6.71. The molecule has 2 rings (SSSR count). The topological polar surface area (TPSA) is 56.1 Å². The van der Waals surface area contributed by atoms with Crippen LogP contribution in [0, 0.1) is 16.7 Å². The van der Waals surface area contributed by atoms with Crippen LogP contribution < -0.4 is 5.43 Å². The lowest BCUT2D eigenvalue weighted by atomic mass is 9.94. The Morgan fingerprint density at radius 3 is 2.42 bits per heavy atom. The van der Waals surface area contributed by atoms with E-state index >= 15 is 0 Å². The lowest BCUT2D eigenvalue weighted by molar-refractivity contribution is -0.190. The zero-order valence-corrected chi connectivity index (χ0v) is 13.7. The van der Waals surface area contributed by atoms with Crippen LogP contribution in [0.1, 0.15) is 37.8 Å². The Morgan fingerprint density at radius 1 is 1.33 bits per heavy atom. The first-order valence-corrected chi connectivity index (χ1v) is 7.77. The van der Waals surface area contributed by atoms with Crippen LogP contribution in [0.2, 0.25) is 0 Å². The predicted octanol–water partition coefficient (Wildman–Crippen LogP) is 3.18. The molecule has 1 N–H and O–H groups in total. The van der Waals surface area contributed by atoms with E-state index in [4.69, 9.17) is 5.26 Å². The fourth-order valence-electron chi connectivity index (χ4n) is 2.75. The Morgan fingerprint density at radius 2 is 1.96 bits per heavy atom. The van der Waals surface area contributed by atoms with Crippen LogP contribution in [-0.2, 0) is 11.2 Å². The Kier molecular flexibility index (Phi) is 5.19. The molecule has 1 atom stereocenters. The van der Waals surface area contributed by atoms with Gasteiger partial charge in [0.15, 0.2) is 0 Å². The first kappa shape index (κ1) is 18.3. The number of nitrogens with zero attached hydrogens (tertiary/aromatic N) is 2. The first-order chi connectivity index (χ1) is 11.1. The molecule has 0 spiro atoms. The maximum Gasteiger partial charge on any atom is 0.405 e. The zero-order chi connectivity index (χ0) is 18.0. The van der Waals surface area contributed by atoms with Gasteiger partial charge in [0.25, 0.3) is 0 Å². The van der Waals surface area contributed by atoms with Crippen molar-refractivity contribution in [2.75, 3.05) is 6.54 Å². The maximum absolute atomic E-state index is 13.3. The molecular formula is C17H20F3N3O. The van der Waals surface area contributed by atoms with E-state index in [0.29, 0.717) is 18.4 Å². The zero-order valence-electron chi connectivity index (χ0n) is 13.7. The van der Waals surface area contributed by atoms with Crippen molar-refractivity contribution >= 4 is 5.91 Å². The summed E-state index contributed by atoms with van der Waals surface area (Å²) in [5.41, 5.74) is 2.94. The van der Waals surface area contributed by atoms with Gasteiger partial charge in [0.1, 0.15) is 6.04 Å². The number of amides is 1. The Labute approximate surface area is 139 Å². The van der Waals surface area contributed by atoms with Crippen LogP contribution in [0.3, 0.4) is 0 Å². The molecule has 1 aromatic rings. The maximum atomic E-state index is 13.3. The molecule has 1 aliphatic heterocycles. The average Bonchev–Trinajstić information content (AvgIpc) is 2.76. The van der Waals surface area contributed by atoms with E-state index in [9.17, 15) is 18.0 Å². The van der Waals surface area contributed by atoms with Gasteiger partial charge in [-0.15, -0.1) is 0 Å². The van der Waals surface area contributed by atoms with E-state index in [1.807, 2.05) is 6.07 Å². The van der Waals surface area contributed by atoms with Crippen molar-refractivity contribution in [3.05, 3.63) is 35.4 Å². The van der Waals surface area contributed by atoms with E-state index in [1.165, 1.54) is 0 Å². The summed E-state index contributed by atoms with van der Waals surface area (Å²) in [4.78, 5) is 11.7. The van der Waals surface area contributed by atoms with Gasteiger partial charge in [-0.2, -0.15) is 18.4 Å². The summed E-state index contributed by atoms with van der Waals surface area (Å²) in [5, 5.41) is 9.75. The van der Waals surface area contributed by atoms with Crippen LogP contribution in [0.4, 0.5) is 13.2 Å². The van der Waals surface area contributed by atoms with Gasteiger partial charge in [-0.25, -0.2) is 5.01 Å². The van der Waals surface area contributed by atoms with Crippen LogP contribution in [0.15, 0.2) is 24.3 Å². The molecule has 7 heteroatoms. The molecule has 130 valence electrons. The van der Waals surface area contributed by atoms with Crippen molar-refractivity contribution in [1.82, 2.24) is 10.4 Å². The van der Waals surface area contributed by atoms with Crippen LogP contribution in [0.25, 0.3) is 0 Å². The highest BCUT2D eigenvalue weighted by Crippen LogP contribution is 2.33. The molecule has 1 heterocycles. The standard InChI is InChI=1S/C17H20F3N3O/c1-16(2)11-23(22-15(16)24)14(17(18,19)20)5-3-4-12-6-8-13(10-21)9-7-12/h6-9,14H,3-5,11H2,1-2H3,(H,22,24)/t14-/m0/s1. The van der Waals surface area contributed by atoms with Gasteiger partial charge in [-0.1, -0.05) is 12.1 Å². The molecule has 1 fully saturated rings. The second kappa shape index (κ2) is 6.81. The van der Waals surface area contributed by atoms with E-state index in [1.54, 1.807) is 38.1 Å². The number of nitriles is 1. The molecule has 0 radical (unpaired) electrons. The van der Waals surface area contributed by atoms with Crippen molar-refractivity contribution in [1.29, 1.82) is 5.26 Å². The molecule has 1 aliphatic rings. The van der Waals surface area contributed by atoms with Crippen LogP contribution in [0.5, 0.6) is 0 Å². The van der Waals surface area contributed by atoms with Crippen molar-refractivity contribution < 1.29 is 18.0 Å². The van der Waals surface area contributed by atoms with E-state index in [0.717, 1.165) is 10.6 Å². The molecule has 4 nitrogen and oxygen atoms in total. The third kappa shape index (κ3) is 4.26. The van der Waals surface area contributed by atoms with Gasteiger partial charge in [-0.05, 0) is 50.8 Å². The number of halogens is 3. The number of nitrogens with one attached hydrogen (secondary N) is 1. The molecule has 1 amide bonds. The van der Waals surface area contributed by atoms with Gasteiger partial charge in [0, 0.05) is 6.54 Å². The molecule has 24 heavy (non-hydrogen) atoms. The van der Waals surface area contributed by atoms with Crippen molar-refractivity contribution in [3.63, 3.8) is 0 Å². The molecule has 0 bridgehead atoms. The van der Waals surface area contributed by atoms with E-state index in [2.05, 4.69) is 5.43 Å². The highest BCUT2D eigenvalue weighted by atomic mass is 19.4. The SMILES string of the molecule is CC1(C)CN([C@@H](CCCc2ccc(C#N)cc2)C(F)(F)F)NC1=O. The van der Waals surface area contributed by atoms with Crippen molar-refractivity contribution in [2.45, 2.75) is 45.3 Å². The minimum absolute atomic E-state index is 0.0346. The molecule has 0 aliphatic carbocycles. The van der Waals surface area contributed by atoms with Gasteiger partial charge in [-0.3, -0.25) is 10.2 Å². The predicted molar refractivity (Wildman–Crippen MR) is 82.6 cm³/mol. The number of rotatable bonds is 5. The molecule has 1 saturated heterocycles. The summed E-state index contributed by atoms with van der Waals surface area (Å²) in [6, 6.07) is 7.12. The lowest BCUT2D eigenvalue weighted by Crippen LogP contribution is -2.50. The number of hydrogen-bond acceptors (Lipinski definition) is 3. The number of hydrazine groups is 1. The average molecular weight is 339 g/mol. The Hall–Kier alpha value is -2.07. The third-order valence-electron chi connectivity index (χ3n) is 4.21. The summed E-state index contributed by atoms with van der Waals surface area (Å²) in [6.45, 7) is 3.30. The number of benzene rings is 1. The van der Waals surface area contributed by atoms with Crippen molar-refractivity contribution in [2.24, 2.45) is 5.41 Å². The largest absolute Gasteiger partial charge is 0.405 e. The minimum atomic E-state index is -4.40. The first-order valence-electron chi connectivity index (χ1n) is 7.77. The van der Waals surface area contributed by atoms with Gasteiger partial charge >= 0.3 is 6.18 Å². The van der Waals surface area contributed by atoms with E-state index < -0.39 is 17.6 Å². The summed E-state index contributed by atoms with van der Waals surface area (Å²) in [7, 11) is 0. The van der Waals surface area contributed by atoms with Gasteiger partial charge in [0.05, 0.1) is 17.0 Å². The van der Waals surface area contributed by atoms with Gasteiger partial charge < -0.3 is 0 Å². The Bertz CT molecular complexity index is 632. The number of carbonyl (C=O) groups is 1. The summed E-state index contributed by atoms with van der Waals surface area (Å²) in [5.74, 6) is -0.385.